The molecule has 15 heteroatoms. The molecule has 0 saturated carbocycles. The van der Waals surface area contributed by atoms with E-state index < -0.39 is 24.1 Å². The fourth-order valence-electron chi connectivity index (χ4n) is 5.49. The molecule has 0 saturated heterocycles. The first-order valence-electron chi connectivity index (χ1n) is 20.7. The topological polar surface area (TPSA) is 198 Å². The first kappa shape index (κ1) is 58.9. The van der Waals surface area contributed by atoms with Gasteiger partial charge in [0.25, 0.3) is 11.8 Å². The van der Waals surface area contributed by atoms with Crippen LogP contribution in [0.25, 0.3) is 0 Å². The maximum atomic E-state index is 12.1. The number of alkyl carbamates (subject to hydrolysis) is 2. The van der Waals surface area contributed by atoms with Gasteiger partial charge < -0.3 is 37.5 Å². The summed E-state index contributed by atoms with van der Waals surface area (Å²) in [5, 5.41) is 22.6. The Bertz CT molecular complexity index is 1630. The van der Waals surface area contributed by atoms with Crippen LogP contribution in [0.3, 0.4) is 0 Å². The minimum atomic E-state index is -0.866. The Labute approximate surface area is 389 Å². The number of carboxylic acids is 1. The fourth-order valence-corrected chi connectivity index (χ4v) is 5.49. The van der Waals surface area contributed by atoms with Crippen molar-refractivity contribution in [3.8, 4) is 0 Å². The summed E-state index contributed by atoms with van der Waals surface area (Å²) >= 11 is 0. The van der Waals surface area contributed by atoms with E-state index in [1.807, 2.05) is 67.6 Å². The molecule has 3 radical (unpaired) electrons. The van der Waals surface area contributed by atoms with E-state index in [1.54, 1.807) is 31.2 Å². The number of imide groups is 1. The maximum Gasteiger partial charge on any atom is 1.00 e. The number of aliphatic hydroxyl groups excluding tert-OH is 1. The third kappa shape index (κ3) is 26.0. The van der Waals surface area contributed by atoms with Crippen molar-refractivity contribution < 1.29 is 74.6 Å². The summed E-state index contributed by atoms with van der Waals surface area (Å²) in [6, 6.07) is 25.9. The smallest absolute Gasteiger partial charge is 1.00 e. The molecule has 3 aromatic carbocycles. The maximum absolute atomic E-state index is 12.1. The summed E-state index contributed by atoms with van der Waals surface area (Å²) in [5.74, 6) is -0.340. The molecule has 0 aliphatic carbocycles. The molecular formula is C46H69BN4NaO9. The number of ether oxygens (including phenoxy) is 2. The number of rotatable bonds is 19. The number of fused-ring (bicyclic) bond motifs is 1. The number of hydrogen-bond donors (Lipinski definition) is 5. The molecule has 4 atom stereocenters. The number of nitrogens with one attached hydrogen (secondary N) is 2. The van der Waals surface area contributed by atoms with Gasteiger partial charge in [-0.15, -0.1) is 0 Å². The standard InChI is InChI=1S/C14H17NO2.C13H17NO4.C13H19NO3.C6H15N.B.Na.H/c1-3-6-10(2)9-15-13(16)11-7-4-5-8-12(11)14(15)17;1-10(12(15)16)7-8-14-13(17)18-9-11-5-3-2-4-6-11;1-11(9-15)7-8-14-13(16)17-10-12-5-3-2-4-6-12;1-3-4-6(2)5-7;;;/h4-5,7-8,10H,3,6,9H2,1-2H3;2-6,10H,7-9H2,1H3,(H,14,17)(H,15,16);2-6,11,15H,7-10H2,1H3,(H,14,16);6H,3-5,7H2,1-2H3;;;/q;;;;;+1;-1/t2*10-;11-;6-;;;/m0000.../s1. The van der Waals surface area contributed by atoms with Gasteiger partial charge >= 0.3 is 47.7 Å². The normalized spacial score (nSPS) is 12.9. The summed E-state index contributed by atoms with van der Waals surface area (Å²) in [4.78, 5) is 58.6. The predicted molar refractivity (Wildman–Crippen MR) is 237 cm³/mol. The van der Waals surface area contributed by atoms with Gasteiger partial charge in [0.15, 0.2) is 0 Å². The van der Waals surface area contributed by atoms with Gasteiger partial charge in [0.05, 0.1) is 17.0 Å². The quantitative estimate of drug-likeness (QED) is 0.0826. The molecule has 4 rings (SSSR count). The second-order valence-corrected chi connectivity index (χ2v) is 14.9. The number of amides is 4. The molecule has 0 fully saturated rings. The van der Waals surface area contributed by atoms with Crippen molar-refractivity contribution in [1.82, 2.24) is 15.5 Å². The van der Waals surface area contributed by atoms with Gasteiger partial charge in [-0.25, -0.2) is 9.59 Å². The van der Waals surface area contributed by atoms with Gasteiger partial charge in [0, 0.05) is 34.7 Å². The monoisotopic (exact) mass is 856 g/mol. The Hall–Kier alpha value is -4.21. The van der Waals surface area contributed by atoms with Gasteiger partial charge in [-0.2, -0.15) is 0 Å². The molecule has 4 amide bonds. The van der Waals surface area contributed by atoms with Crippen LogP contribution < -0.4 is 45.9 Å². The summed E-state index contributed by atoms with van der Waals surface area (Å²) in [7, 11) is 0. The van der Waals surface area contributed by atoms with Gasteiger partial charge in [0.1, 0.15) is 13.2 Å². The summed E-state index contributed by atoms with van der Waals surface area (Å²) < 4.78 is 10.0. The second-order valence-electron chi connectivity index (χ2n) is 14.9. The Kier molecular flexibility index (Phi) is 34.2. The summed E-state index contributed by atoms with van der Waals surface area (Å²) in [5.41, 5.74) is 8.32. The molecule has 0 unspecified atom stereocenters. The van der Waals surface area contributed by atoms with Crippen LogP contribution in [0.15, 0.2) is 84.9 Å². The Morgan fingerprint density at radius 3 is 1.46 bits per heavy atom. The number of carbonyl (C=O) groups excluding carboxylic acids is 4. The van der Waals surface area contributed by atoms with E-state index in [0.717, 1.165) is 42.9 Å². The SMILES string of the molecule is CCC[C@H](C)CN.CCC[C@H](C)CN1C(=O)c2ccccc2C1=O.C[C@@H](CCNC(=O)OCc1ccccc1)C(=O)O.C[C@H](CO)CCNC(=O)OCc1ccccc1.[B].[H-].[Na+]. The molecule has 61 heavy (non-hydrogen) atoms. The minimum absolute atomic E-state index is 0. The number of hydrogen-bond acceptors (Lipinski definition) is 9. The van der Waals surface area contributed by atoms with Crippen molar-refractivity contribution in [3.63, 3.8) is 0 Å². The van der Waals surface area contributed by atoms with Crippen molar-refractivity contribution in [1.29, 1.82) is 0 Å². The van der Waals surface area contributed by atoms with Gasteiger partial charge in [-0.1, -0.05) is 127 Å². The molecule has 6 N–H and O–H groups in total. The molecule has 1 heterocycles. The molecule has 0 aromatic heterocycles. The van der Waals surface area contributed by atoms with Gasteiger partial charge in [-0.3, -0.25) is 19.3 Å². The third-order valence-electron chi connectivity index (χ3n) is 9.25. The number of carboxylic acid groups (broad SMARTS) is 1. The van der Waals surface area contributed by atoms with Crippen molar-refractivity contribution in [2.24, 2.45) is 29.4 Å². The molecule has 331 valence electrons. The van der Waals surface area contributed by atoms with E-state index in [4.69, 9.17) is 25.4 Å². The predicted octanol–water partition coefficient (Wildman–Crippen LogP) is 4.79. The molecule has 0 bridgehead atoms. The van der Waals surface area contributed by atoms with E-state index in [-0.39, 0.29) is 76.9 Å². The van der Waals surface area contributed by atoms with Crippen molar-refractivity contribution in [2.45, 2.75) is 93.3 Å². The number of nitrogens with two attached hydrogens (primary N) is 1. The van der Waals surface area contributed by atoms with Gasteiger partial charge in [0.2, 0.25) is 0 Å². The Morgan fingerprint density at radius 2 is 1.08 bits per heavy atom. The number of carbonyl (C=O) groups is 5. The van der Waals surface area contributed by atoms with Crippen LogP contribution in [0.4, 0.5) is 9.59 Å². The molecule has 13 nitrogen and oxygen atoms in total. The fraction of sp³-hybridized carbons (Fsp3) is 0.500. The van der Waals surface area contributed by atoms with Crippen LogP contribution in [-0.4, -0.2) is 86.3 Å². The van der Waals surface area contributed by atoms with Crippen LogP contribution in [0.2, 0.25) is 0 Å². The largest absolute Gasteiger partial charge is 1.00 e. The van der Waals surface area contributed by atoms with Crippen LogP contribution >= 0.6 is 0 Å². The Balaban J connectivity index is -0.000000765. The zero-order valence-electron chi connectivity index (χ0n) is 38.4. The van der Waals surface area contributed by atoms with E-state index in [0.29, 0.717) is 43.1 Å². The number of benzene rings is 3. The summed E-state index contributed by atoms with van der Waals surface area (Å²) in [6.45, 7) is 14.9. The van der Waals surface area contributed by atoms with Crippen molar-refractivity contribution in [2.75, 3.05) is 32.8 Å². The number of aliphatic hydroxyl groups is 1. The molecule has 0 spiro atoms. The molecule has 3 aromatic rings. The average molecular weight is 856 g/mol. The number of nitrogens with zero attached hydrogens (tertiary/aromatic N) is 1. The Morgan fingerprint density at radius 1 is 0.672 bits per heavy atom. The van der Waals surface area contributed by atoms with Crippen molar-refractivity contribution >= 4 is 38.4 Å². The number of aliphatic carboxylic acids is 1. The van der Waals surface area contributed by atoms with Crippen molar-refractivity contribution in [3.05, 3.63) is 107 Å². The van der Waals surface area contributed by atoms with Crippen LogP contribution in [0.5, 0.6) is 0 Å². The molecular weight excluding hydrogens is 786 g/mol. The van der Waals surface area contributed by atoms with E-state index in [9.17, 15) is 24.0 Å². The first-order valence-corrected chi connectivity index (χ1v) is 20.7. The molecule has 1 aliphatic heterocycles. The average Bonchev–Trinajstić information content (AvgIpc) is 3.48. The minimum Gasteiger partial charge on any atom is -1.00 e. The van der Waals surface area contributed by atoms with E-state index >= 15 is 0 Å². The first-order chi connectivity index (χ1) is 28.3. The van der Waals surface area contributed by atoms with E-state index in [2.05, 4.69) is 38.3 Å². The van der Waals surface area contributed by atoms with E-state index in [1.165, 1.54) is 17.7 Å². The second kappa shape index (κ2) is 35.4. The van der Waals surface area contributed by atoms with Crippen LogP contribution in [0.1, 0.15) is 113 Å². The molecule has 1 aliphatic rings. The summed E-state index contributed by atoms with van der Waals surface area (Å²) in [6.07, 6.45) is 4.83. The zero-order valence-corrected chi connectivity index (χ0v) is 39.4. The van der Waals surface area contributed by atoms with Crippen LogP contribution in [-0.2, 0) is 27.5 Å². The third-order valence-corrected chi connectivity index (χ3v) is 9.25. The zero-order chi connectivity index (χ0) is 44.0. The van der Waals surface area contributed by atoms with Gasteiger partial charge in [-0.05, 0) is 73.2 Å². The van der Waals surface area contributed by atoms with Crippen LogP contribution in [0, 0.1) is 23.7 Å².